The molecule has 2 unspecified atom stereocenters. The van der Waals surface area contributed by atoms with Gasteiger partial charge >= 0.3 is 11.9 Å². The summed E-state index contributed by atoms with van der Waals surface area (Å²) in [6.07, 6.45) is -2.41. The summed E-state index contributed by atoms with van der Waals surface area (Å²) in [6, 6.07) is 66.4. The molecule has 0 aliphatic rings. The van der Waals surface area contributed by atoms with Gasteiger partial charge in [-0.25, -0.2) is 0 Å². The second-order valence-corrected chi connectivity index (χ2v) is 29.0. The van der Waals surface area contributed by atoms with Gasteiger partial charge in [0.15, 0.2) is 11.6 Å². The number of esters is 1. The molecule has 7 rings (SSSR count). The van der Waals surface area contributed by atoms with Crippen LogP contribution in [0.1, 0.15) is 173 Å². The van der Waals surface area contributed by atoms with Crippen molar-refractivity contribution < 1.29 is 67.3 Å². The van der Waals surface area contributed by atoms with E-state index in [2.05, 4.69) is 21.3 Å². The first-order valence-electron chi connectivity index (χ1n) is 36.3. The van der Waals surface area contributed by atoms with Gasteiger partial charge in [0.05, 0.1) is 60.2 Å². The fourth-order valence-electron chi connectivity index (χ4n) is 12.7. The van der Waals surface area contributed by atoms with Crippen molar-refractivity contribution in [3.8, 4) is 0 Å². The summed E-state index contributed by atoms with van der Waals surface area (Å²) in [7, 11) is 0. The molecule has 0 aliphatic heterocycles. The predicted octanol–water partition coefficient (Wildman–Crippen LogP) is 13.8. The number of hydrogen-bond acceptors (Lipinski definition) is 13. The van der Waals surface area contributed by atoms with Crippen molar-refractivity contribution in [1.29, 1.82) is 0 Å². The molecule has 18 nitrogen and oxygen atoms in total. The maximum absolute atomic E-state index is 14.4. The minimum Gasteiger partial charge on any atom is -0.481 e. The number of ether oxygens (including phenoxy) is 3. The van der Waals surface area contributed by atoms with E-state index in [-0.39, 0.29) is 75.2 Å². The van der Waals surface area contributed by atoms with E-state index in [4.69, 9.17) is 14.2 Å². The molecule has 0 bridgehead atoms. The van der Waals surface area contributed by atoms with Gasteiger partial charge in [-0.05, 0) is 107 Å². The highest BCUT2D eigenvalue weighted by molar-refractivity contribution is 5.96. The van der Waals surface area contributed by atoms with Crippen LogP contribution in [0.5, 0.6) is 0 Å². The Labute approximate surface area is 619 Å². The molecule has 7 aromatic rings. The number of rotatable bonds is 38. The third-order valence-corrected chi connectivity index (χ3v) is 18.6. The van der Waals surface area contributed by atoms with Crippen LogP contribution in [0.4, 0.5) is 0 Å². The third-order valence-electron chi connectivity index (χ3n) is 18.6. The molecule has 558 valence electrons. The van der Waals surface area contributed by atoms with E-state index in [1.165, 1.54) is 0 Å². The molecule has 0 spiro atoms. The standard InChI is InChI=1S/C47H56N2O7.C40H50N2O7/c1-7-33(2)42(51)31-48-44(53)36(28-40(50)30-41(34(3)56-46(4,5)6)45(54)55-32-35-20-12-8-13-21-35)29-43(52)49-47(37-22-14-9-15-23-37,38-24-16-10-17-25-38)39-26-18-11-19-27-39;1-7-27(2)35(44)26-41-37(46)29(23-33(43)25-34(38(47)48)28(3)49-39(4,5)6)24-36(45)42-40(30-17-11-8-12-18-30,31-19-13-9-14-20-31)32-21-15-10-16-22-32/h8-27,33-34,36,41H,7,28-32H2,1-6H3,(H,48,53)(H,49,52);8-22,27-29,34H,7,23-26H2,1-6H3,(H,41,46)(H,42,45)(H,47,48)/t33-,34?,36-,41-;27-,28?,29-,34-/m00/s1. The largest absolute Gasteiger partial charge is 0.481 e. The Balaban J connectivity index is 0.000000332. The number of benzene rings is 7. The lowest BCUT2D eigenvalue weighted by Crippen LogP contribution is -2.49. The number of amides is 4. The number of carboxylic acid groups (broad SMARTS) is 1. The highest BCUT2D eigenvalue weighted by Gasteiger charge is 2.42. The second kappa shape index (κ2) is 40.3. The van der Waals surface area contributed by atoms with Crippen LogP contribution >= 0.6 is 0 Å². The first kappa shape index (κ1) is 83.9. The smallest absolute Gasteiger partial charge is 0.312 e. The van der Waals surface area contributed by atoms with E-state index < -0.39 is 112 Å². The van der Waals surface area contributed by atoms with Crippen LogP contribution in [0, 0.1) is 35.5 Å². The van der Waals surface area contributed by atoms with Gasteiger partial charge in [-0.3, -0.25) is 47.9 Å². The Morgan fingerprint density at radius 3 is 0.933 bits per heavy atom. The topological polar surface area (TPSA) is 267 Å². The third kappa shape index (κ3) is 25.4. The van der Waals surface area contributed by atoms with Crippen LogP contribution < -0.4 is 21.3 Å². The first-order valence-corrected chi connectivity index (χ1v) is 36.3. The Hall–Kier alpha value is -10.0. The van der Waals surface area contributed by atoms with Gasteiger partial charge in [0.1, 0.15) is 29.3 Å². The maximum Gasteiger partial charge on any atom is 0.312 e. The Bertz CT molecular complexity index is 3750. The SMILES string of the molecule is CC[C@H](C)C(=O)CNC(=O)[C@@H](CC(=O)C[C@H](C(=O)O)C(C)OC(C)(C)C)CC(=O)NC(c1ccccc1)(c1ccccc1)c1ccccc1.CC[C@H](C)C(=O)CNC(=O)[C@@H](CC(=O)C[C@H](C(=O)OCc1ccccc1)C(C)OC(C)(C)C)CC(=O)NC(c1ccccc1)(c1ccccc1)c1ccccc1. The number of hydrogen-bond donors (Lipinski definition) is 5. The van der Waals surface area contributed by atoms with Crippen LogP contribution in [0.3, 0.4) is 0 Å². The van der Waals surface area contributed by atoms with Crippen molar-refractivity contribution in [2.75, 3.05) is 13.1 Å². The molecule has 0 saturated carbocycles. The quantitative estimate of drug-likeness (QED) is 0.0178. The molecule has 105 heavy (non-hydrogen) atoms. The molecular formula is C87H106N4O14. The molecule has 0 aromatic heterocycles. The lowest BCUT2D eigenvalue weighted by Gasteiger charge is -2.37. The summed E-state index contributed by atoms with van der Waals surface area (Å²) >= 11 is 0. The molecule has 5 N–H and O–H groups in total. The van der Waals surface area contributed by atoms with Gasteiger partial charge in [-0.2, -0.15) is 0 Å². The maximum atomic E-state index is 14.4. The van der Waals surface area contributed by atoms with Crippen LogP contribution in [0.15, 0.2) is 212 Å². The van der Waals surface area contributed by atoms with Crippen molar-refractivity contribution in [3.05, 3.63) is 251 Å². The Morgan fingerprint density at radius 1 is 0.381 bits per heavy atom. The van der Waals surface area contributed by atoms with E-state index >= 15 is 0 Å². The molecule has 4 amide bonds. The molecule has 7 aromatic carbocycles. The number of Topliss-reactive ketones (excluding diaryl/α,β-unsaturated/α-hetero) is 4. The van der Waals surface area contributed by atoms with Gasteiger partial charge in [0, 0.05) is 50.4 Å². The number of nitrogens with one attached hydrogen (secondary N) is 4. The van der Waals surface area contributed by atoms with Crippen molar-refractivity contribution >= 4 is 58.7 Å². The van der Waals surface area contributed by atoms with Crippen LogP contribution in [0.2, 0.25) is 0 Å². The van der Waals surface area contributed by atoms with Crippen LogP contribution in [-0.2, 0) is 79.8 Å². The van der Waals surface area contributed by atoms with E-state index in [9.17, 15) is 53.1 Å². The summed E-state index contributed by atoms with van der Waals surface area (Å²) in [6.45, 7) is 21.2. The monoisotopic (exact) mass is 1430 g/mol. The van der Waals surface area contributed by atoms with Gasteiger partial charge in [-0.1, -0.05) is 240 Å². The number of ketones is 4. The van der Waals surface area contributed by atoms with Gasteiger partial charge in [-0.15, -0.1) is 0 Å². The minimum absolute atomic E-state index is 0.0218. The minimum atomic E-state index is -1.19. The Morgan fingerprint density at radius 2 is 0.657 bits per heavy atom. The summed E-state index contributed by atoms with van der Waals surface area (Å²) in [5.74, 6) is -10.2. The number of carbonyl (C=O) groups is 10. The van der Waals surface area contributed by atoms with E-state index in [1.807, 2.05) is 247 Å². The predicted molar refractivity (Wildman–Crippen MR) is 406 cm³/mol. The molecule has 0 radical (unpaired) electrons. The zero-order chi connectivity index (χ0) is 76.9. The van der Waals surface area contributed by atoms with Gasteiger partial charge < -0.3 is 40.6 Å². The molecule has 18 heteroatoms. The first-order chi connectivity index (χ1) is 49.9. The Kier molecular flexibility index (Phi) is 32.2. The molecular weight excluding hydrogens is 1320 g/mol. The average molecular weight is 1430 g/mol. The lowest BCUT2D eigenvalue weighted by molar-refractivity contribution is -0.162. The summed E-state index contributed by atoms with van der Waals surface area (Å²) in [4.78, 5) is 135. The number of carboxylic acids is 1. The fraction of sp³-hybridized carbons (Fsp3) is 0.402. The van der Waals surface area contributed by atoms with Crippen molar-refractivity contribution in [1.82, 2.24) is 21.3 Å². The lowest BCUT2D eigenvalue weighted by atomic mass is 9.76. The zero-order valence-corrected chi connectivity index (χ0v) is 62.9. The highest BCUT2D eigenvalue weighted by Crippen LogP contribution is 2.39. The second-order valence-electron chi connectivity index (χ2n) is 29.0. The van der Waals surface area contributed by atoms with Crippen LogP contribution in [0.25, 0.3) is 0 Å². The molecule has 0 aliphatic carbocycles. The van der Waals surface area contributed by atoms with Gasteiger partial charge in [0.25, 0.3) is 0 Å². The summed E-state index contributed by atoms with van der Waals surface area (Å²) in [5, 5.41) is 21.8. The number of carbonyl (C=O) groups excluding carboxylic acids is 9. The fourth-order valence-corrected chi connectivity index (χ4v) is 12.7. The van der Waals surface area contributed by atoms with Crippen molar-refractivity contribution in [2.45, 2.75) is 176 Å². The van der Waals surface area contributed by atoms with Crippen molar-refractivity contribution in [3.63, 3.8) is 0 Å². The summed E-state index contributed by atoms with van der Waals surface area (Å²) < 4.78 is 17.7. The van der Waals surface area contributed by atoms with Crippen LogP contribution in [-0.4, -0.2) is 100 Å². The zero-order valence-electron chi connectivity index (χ0n) is 62.9. The van der Waals surface area contributed by atoms with E-state index in [1.54, 1.807) is 48.5 Å². The van der Waals surface area contributed by atoms with Gasteiger partial charge in [0.2, 0.25) is 23.6 Å². The normalized spacial score (nSPS) is 13.9. The average Bonchev–Trinajstić information content (AvgIpc) is 0.760. The summed E-state index contributed by atoms with van der Waals surface area (Å²) in [5.41, 5.74) is 2.00. The molecule has 0 heterocycles. The van der Waals surface area contributed by atoms with Crippen molar-refractivity contribution in [2.24, 2.45) is 35.5 Å². The van der Waals surface area contributed by atoms with E-state index in [0.717, 1.165) is 38.9 Å². The highest BCUT2D eigenvalue weighted by atomic mass is 16.5. The van der Waals surface area contributed by atoms with E-state index in [0.29, 0.717) is 12.8 Å². The molecule has 0 fully saturated rings. The molecule has 8 atom stereocenters. The molecule has 0 saturated heterocycles. The number of aliphatic carboxylic acids is 1.